The summed E-state index contributed by atoms with van der Waals surface area (Å²) in [6, 6.07) is 10.6. The first kappa shape index (κ1) is 12.2. The number of nitrogens with one attached hydrogen (secondary N) is 1. The molecule has 1 aromatic carbocycles. The van der Waals surface area contributed by atoms with E-state index in [-0.39, 0.29) is 12.0 Å². The highest BCUT2D eigenvalue weighted by atomic mass is 79.9. The molecule has 2 atom stereocenters. The van der Waals surface area contributed by atoms with Crippen molar-refractivity contribution in [1.82, 2.24) is 5.32 Å². The van der Waals surface area contributed by atoms with Crippen LogP contribution >= 0.6 is 15.9 Å². The molecule has 3 heteroatoms. The highest BCUT2D eigenvalue weighted by Crippen LogP contribution is 2.22. The second-order valence-corrected chi connectivity index (χ2v) is 4.54. The predicted octanol–water partition coefficient (Wildman–Crippen LogP) is 3.26. The molecule has 80 valence electrons. The van der Waals surface area contributed by atoms with Gasteiger partial charge in [-0.3, -0.25) is 0 Å². The summed E-state index contributed by atoms with van der Waals surface area (Å²) in [4.78, 5) is 0. The van der Waals surface area contributed by atoms with Crippen LogP contribution in [0.1, 0.15) is 25.5 Å². The van der Waals surface area contributed by atoms with Crippen LogP contribution in [0.3, 0.4) is 0 Å². The van der Waals surface area contributed by atoms with Crippen molar-refractivity contribution in [3.8, 4) is 6.07 Å². The summed E-state index contributed by atoms with van der Waals surface area (Å²) in [6.07, 6.45) is 0. The Morgan fingerprint density at radius 2 is 2.07 bits per heavy atom. The van der Waals surface area contributed by atoms with E-state index in [4.69, 9.17) is 5.26 Å². The molecule has 0 saturated heterocycles. The minimum Gasteiger partial charge on any atom is -0.309 e. The number of benzene rings is 1. The molecule has 1 N–H and O–H groups in total. The Labute approximate surface area is 99.4 Å². The average Bonchev–Trinajstić information content (AvgIpc) is 2.26. The molecular formula is C12H15BrN2. The molecule has 2 nitrogen and oxygen atoms in total. The maximum atomic E-state index is 8.67. The van der Waals surface area contributed by atoms with Crippen molar-refractivity contribution >= 4 is 15.9 Å². The third-order valence-corrected chi connectivity index (χ3v) is 3.04. The van der Waals surface area contributed by atoms with Crippen LogP contribution in [-0.2, 0) is 0 Å². The first-order valence-corrected chi connectivity index (χ1v) is 5.82. The predicted molar refractivity (Wildman–Crippen MR) is 65.3 cm³/mol. The third-order valence-electron chi connectivity index (χ3n) is 2.32. The second-order valence-electron chi connectivity index (χ2n) is 3.68. The van der Waals surface area contributed by atoms with Gasteiger partial charge in [0.25, 0.3) is 0 Å². The van der Waals surface area contributed by atoms with Crippen molar-refractivity contribution in [3.63, 3.8) is 0 Å². The fourth-order valence-electron chi connectivity index (χ4n) is 1.34. The number of halogens is 1. The van der Waals surface area contributed by atoms with Gasteiger partial charge >= 0.3 is 0 Å². The zero-order chi connectivity index (χ0) is 11.3. The molecule has 0 saturated carbocycles. The summed E-state index contributed by atoms with van der Waals surface area (Å²) in [5.74, 6) is 0.0509. The Hall–Kier alpha value is -0.850. The number of nitrogens with zero attached hydrogens (tertiary/aromatic N) is 1. The summed E-state index contributed by atoms with van der Waals surface area (Å²) < 4.78 is 1.11. The summed E-state index contributed by atoms with van der Waals surface area (Å²) in [5.41, 5.74) is 1.22. The summed E-state index contributed by atoms with van der Waals surface area (Å²) in [7, 11) is 0. The smallest absolute Gasteiger partial charge is 0.0666 e. The van der Waals surface area contributed by atoms with Crippen molar-refractivity contribution in [2.24, 2.45) is 5.92 Å². The normalized spacial score (nSPS) is 14.3. The maximum absolute atomic E-state index is 8.67. The lowest BCUT2D eigenvalue weighted by Gasteiger charge is -2.16. The largest absolute Gasteiger partial charge is 0.309 e. The lowest BCUT2D eigenvalue weighted by atomic mass is 10.1. The zero-order valence-electron chi connectivity index (χ0n) is 9.00. The standard InChI is InChI=1S/C12H15BrN2/c1-9(7-14)8-15-10(2)11-5-3-4-6-12(11)13/h3-6,9-10,15H,8H2,1-2H3. The number of rotatable bonds is 4. The van der Waals surface area contributed by atoms with E-state index in [1.165, 1.54) is 5.56 Å². The van der Waals surface area contributed by atoms with Gasteiger partial charge in [-0.2, -0.15) is 5.26 Å². The van der Waals surface area contributed by atoms with Crippen LogP contribution < -0.4 is 5.32 Å². The molecule has 0 heterocycles. The van der Waals surface area contributed by atoms with Gasteiger partial charge in [0.05, 0.1) is 12.0 Å². The van der Waals surface area contributed by atoms with E-state index in [1.54, 1.807) is 0 Å². The quantitative estimate of drug-likeness (QED) is 0.908. The Morgan fingerprint density at radius 1 is 1.40 bits per heavy atom. The van der Waals surface area contributed by atoms with E-state index >= 15 is 0 Å². The van der Waals surface area contributed by atoms with Crippen molar-refractivity contribution < 1.29 is 0 Å². The molecule has 0 fully saturated rings. The van der Waals surface area contributed by atoms with Gasteiger partial charge < -0.3 is 5.32 Å². The van der Waals surface area contributed by atoms with E-state index in [2.05, 4.69) is 40.3 Å². The van der Waals surface area contributed by atoms with Crippen LogP contribution in [0.5, 0.6) is 0 Å². The monoisotopic (exact) mass is 266 g/mol. The molecule has 0 amide bonds. The highest BCUT2D eigenvalue weighted by Gasteiger charge is 2.09. The van der Waals surface area contributed by atoms with Gasteiger partial charge in [0.2, 0.25) is 0 Å². The first-order valence-electron chi connectivity index (χ1n) is 5.02. The van der Waals surface area contributed by atoms with E-state index in [0.29, 0.717) is 0 Å². The number of hydrogen-bond acceptors (Lipinski definition) is 2. The zero-order valence-corrected chi connectivity index (χ0v) is 10.6. The summed E-state index contributed by atoms with van der Waals surface area (Å²) in [6.45, 7) is 4.74. The molecule has 0 bridgehead atoms. The fourth-order valence-corrected chi connectivity index (χ4v) is 1.96. The van der Waals surface area contributed by atoms with Crippen molar-refractivity contribution in [2.45, 2.75) is 19.9 Å². The topological polar surface area (TPSA) is 35.8 Å². The van der Waals surface area contributed by atoms with Crippen LogP contribution in [0.15, 0.2) is 28.7 Å². The lowest BCUT2D eigenvalue weighted by molar-refractivity contribution is 0.526. The molecule has 0 radical (unpaired) electrons. The van der Waals surface area contributed by atoms with Crippen LogP contribution in [0.2, 0.25) is 0 Å². The van der Waals surface area contributed by atoms with Gasteiger partial charge in [-0.25, -0.2) is 0 Å². The SMILES string of the molecule is CC(C#N)CNC(C)c1ccccc1Br. The average molecular weight is 267 g/mol. The van der Waals surface area contributed by atoms with E-state index in [1.807, 2.05) is 25.1 Å². The first-order chi connectivity index (χ1) is 7.15. The van der Waals surface area contributed by atoms with Gasteiger partial charge in [-0.15, -0.1) is 0 Å². The minimum absolute atomic E-state index is 0.0509. The van der Waals surface area contributed by atoms with Gasteiger partial charge in [0.15, 0.2) is 0 Å². The van der Waals surface area contributed by atoms with E-state index in [0.717, 1.165) is 11.0 Å². The Kier molecular flexibility index (Phi) is 4.80. The van der Waals surface area contributed by atoms with Gasteiger partial charge in [-0.05, 0) is 25.5 Å². The molecule has 15 heavy (non-hydrogen) atoms. The highest BCUT2D eigenvalue weighted by molar-refractivity contribution is 9.10. The minimum atomic E-state index is 0.0509. The Balaban J connectivity index is 2.58. The maximum Gasteiger partial charge on any atom is 0.0666 e. The molecular weight excluding hydrogens is 252 g/mol. The third kappa shape index (κ3) is 3.65. The molecule has 1 aromatic rings. The van der Waals surface area contributed by atoms with Crippen molar-refractivity contribution in [1.29, 1.82) is 5.26 Å². The molecule has 2 unspecified atom stereocenters. The van der Waals surface area contributed by atoms with E-state index < -0.39 is 0 Å². The molecule has 0 spiro atoms. The lowest BCUT2D eigenvalue weighted by Crippen LogP contribution is -2.24. The van der Waals surface area contributed by atoms with Crippen LogP contribution in [-0.4, -0.2) is 6.54 Å². The van der Waals surface area contributed by atoms with Gasteiger partial charge in [0, 0.05) is 17.1 Å². The molecule has 0 aliphatic rings. The fraction of sp³-hybridized carbons (Fsp3) is 0.417. The van der Waals surface area contributed by atoms with Gasteiger partial charge in [-0.1, -0.05) is 34.1 Å². The number of hydrogen-bond donors (Lipinski definition) is 1. The molecule has 1 rings (SSSR count). The summed E-state index contributed by atoms with van der Waals surface area (Å²) in [5, 5.41) is 12.0. The Bertz CT molecular complexity index is 357. The molecule has 0 aliphatic carbocycles. The van der Waals surface area contributed by atoms with Crippen LogP contribution in [0.4, 0.5) is 0 Å². The summed E-state index contributed by atoms with van der Waals surface area (Å²) >= 11 is 3.52. The van der Waals surface area contributed by atoms with E-state index in [9.17, 15) is 0 Å². The second kappa shape index (κ2) is 5.89. The van der Waals surface area contributed by atoms with Crippen LogP contribution in [0.25, 0.3) is 0 Å². The molecule has 0 aliphatic heterocycles. The van der Waals surface area contributed by atoms with Crippen LogP contribution in [0, 0.1) is 17.2 Å². The van der Waals surface area contributed by atoms with Crippen molar-refractivity contribution in [3.05, 3.63) is 34.3 Å². The number of nitriles is 1. The molecule has 0 aromatic heterocycles. The van der Waals surface area contributed by atoms with Crippen molar-refractivity contribution in [2.75, 3.05) is 6.54 Å². The van der Waals surface area contributed by atoms with Gasteiger partial charge in [0.1, 0.15) is 0 Å². The Morgan fingerprint density at radius 3 is 2.67 bits per heavy atom.